The summed E-state index contributed by atoms with van der Waals surface area (Å²) >= 11 is 0. The molecule has 0 amide bonds. The van der Waals surface area contributed by atoms with Gasteiger partial charge in [0.05, 0.1) is 17.1 Å². The van der Waals surface area contributed by atoms with Gasteiger partial charge in [0.15, 0.2) is 0 Å². The zero-order chi connectivity index (χ0) is 20.6. The second kappa shape index (κ2) is 7.26. The van der Waals surface area contributed by atoms with Gasteiger partial charge in [0, 0.05) is 33.2 Å². The fourth-order valence-corrected chi connectivity index (χ4v) is 4.37. The Kier molecular flexibility index (Phi) is 4.14. The first-order valence-corrected chi connectivity index (χ1v) is 10.5. The summed E-state index contributed by atoms with van der Waals surface area (Å²) in [5.41, 5.74) is 8.91. The smallest absolute Gasteiger partial charge is 0.0788 e. The number of hydrogen-bond acceptors (Lipinski definition) is 1. The molecule has 0 aliphatic carbocycles. The largest absolute Gasteiger partial charge is 0.354 e. The van der Waals surface area contributed by atoms with E-state index in [4.69, 9.17) is 4.99 Å². The Labute approximate surface area is 181 Å². The van der Waals surface area contributed by atoms with Crippen LogP contribution in [0.5, 0.6) is 0 Å². The molecule has 2 nitrogen and oxygen atoms in total. The van der Waals surface area contributed by atoms with E-state index in [1.54, 1.807) is 0 Å². The van der Waals surface area contributed by atoms with Crippen molar-refractivity contribution in [3.05, 3.63) is 132 Å². The Morgan fingerprint density at radius 2 is 1.13 bits per heavy atom. The van der Waals surface area contributed by atoms with Crippen LogP contribution in [0.3, 0.4) is 0 Å². The number of nitrogens with one attached hydrogen (secondary N) is 1. The molecule has 4 aromatic carbocycles. The number of aromatic amines is 1. The number of hydrogen-bond donors (Lipinski definition) is 1. The van der Waals surface area contributed by atoms with Crippen molar-refractivity contribution in [3.8, 4) is 11.3 Å². The maximum absolute atomic E-state index is 5.07. The third-order valence-electron chi connectivity index (χ3n) is 5.83. The number of H-pyrrole nitrogens is 1. The molecule has 146 valence electrons. The Balaban J connectivity index is 1.55. The molecular formula is C29H20N2. The van der Waals surface area contributed by atoms with Gasteiger partial charge < -0.3 is 4.98 Å². The summed E-state index contributed by atoms with van der Waals surface area (Å²) < 4.78 is 0. The highest BCUT2D eigenvalue weighted by atomic mass is 14.8. The zero-order valence-electron chi connectivity index (χ0n) is 16.9. The highest BCUT2D eigenvalue weighted by molar-refractivity contribution is 6.21. The zero-order valence-corrected chi connectivity index (χ0v) is 16.9. The predicted octanol–water partition coefficient (Wildman–Crippen LogP) is 7.18. The Morgan fingerprint density at radius 3 is 1.87 bits per heavy atom. The summed E-state index contributed by atoms with van der Waals surface area (Å²) in [7, 11) is 0. The lowest BCUT2D eigenvalue weighted by Gasteiger charge is -2.02. The molecule has 0 atom stereocenters. The van der Waals surface area contributed by atoms with E-state index in [-0.39, 0.29) is 0 Å². The molecule has 5 aromatic rings. The summed E-state index contributed by atoms with van der Waals surface area (Å²) in [6.07, 6.45) is 2.18. The van der Waals surface area contributed by atoms with Gasteiger partial charge in [0.1, 0.15) is 0 Å². The third-order valence-corrected chi connectivity index (χ3v) is 5.83. The van der Waals surface area contributed by atoms with Gasteiger partial charge in [0.25, 0.3) is 0 Å². The molecule has 0 radical (unpaired) electrons. The van der Waals surface area contributed by atoms with Gasteiger partial charge in [-0.1, -0.05) is 109 Å². The topological polar surface area (TPSA) is 28.1 Å². The molecule has 31 heavy (non-hydrogen) atoms. The van der Waals surface area contributed by atoms with E-state index < -0.39 is 0 Å². The molecule has 0 spiro atoms. The number of benzene rings is 4. The summed E-state index contributed by atoms with van der Waals surface area (Å²) in [5.74, 6) is 0. The molecule has 1 N–H and O–H groups in total. The lowest BCUT2D eigenvalue weighted by molar-refractivity contribution is 1.38. The highest BCUT2D eigenvalue weighted by Crippen LogP contribution is 2.36. The van der Waals surface area contributed by atoms with Crippen LogP contribution in [0.1, 0.15) is 22.4 Å². The van der Waals surface area contributed by atoms with E-state index in [0.717, 1.165) is 28.4 Å². The maximum atomic E-state index is 5.07. The normalized spacial score (nSPS) is 14.1. The van der Waals surface area contributed by atoms with E-state index in [2.05, 4.69) is 108 Å². The molecule has 2 heterocycles. The van der Waals surface area contributed by atoms with Crippen molar-refractivity contribution < 1.29 is 0 Å². The standard InChI is InChI=1S/C29H20N2/c1-3-11-20(12-4-1)28-24-17-9-7-15-22(24)26(30-28)19-27-23-16-8-10-18-25(23)29(31-27)21-13-5-2-6-14-21/h1-19,30H/b27-19+. The van der Waals surface area contributed by atoms with Crippen LogP contribution in [0.2, 0.25) is 0 Å². The third kappa shape index (κ3) is 3.01. The number of aliphatic imine (C=N–C) groups is 1. The van der Waals surface area contributed by atoms with Crippen LogP contribution in [-0.4, -0.2) is 10.7 Å². The van der Waals surface area contributed by atoms with Crippen molar-refractivity contribution in [1.82, 2.24) is 4.98 Å². The quantitative estimate of drug-likeness (QED) is 0.334. The molecule has 0 saturated heterocycles. The molecule has 0 unspecified atom stereocenters. The van der Waals surface area contributed by atoms with Gasteiger partial charge in [-0.05, 0) is 11.6 Å². The summed E-state index contributed by atoms with van der Waals surface area (Å²) in [6.45, 7) is 0. The van der Waals surface area contributed by atoms with Crippen molar-refractivity contribution in [2.75, 3.05) is 0 Å². The van der Waals surface area contributed by atoms with Gasteiger partial charge in [-0.25, -0.2) is 4.99 Å². The van der Waals surface area contributed by atoms with E-state index in [0.29, 0.717) is 0 Å². The molecule has 1 aliphatic heterocycles. The van der Waals surface area contributed by atoms with E-state index in [1.807, 2.05) is 12.1 Å². The van der Waals surface area contributed by atoms with Gasteiger partial charge in [0.2, 0.25) is 0 Å². The van der Waals surface area contributed by atoms with Crippen molar-refractivity contribution in [2.45, 2.75) is 0 Å². The van der Waals surface area contributed by atoms with Gasteiger partial charge in [-0.3, -0.25) is 0 Å². The van der Waals surface area contributed by atoms with Gasteiger partial charge in [-0.15, -0.1) is 0 Å². The SMILES string of the molecule is C(=C1\N=C(c2ccccc2)c2ccccc21)/c1[nH]c(-c2ccccc2)c2ccccc12. The van der Waals surface area contributed by atoms with Crippen LogP contribution < -0.4 is 0 Å². The first-order valence-electron chi connectivity index (χ1n) is 10.5. The second-order valence-corrected chi connectivity index (χ2v) is 7.73. The van der Waals surface area contributed by atoms with E-state index in [9.17, 15) is 0 Å². The number of nitrogens with zero attached hydrogens (tertiary/aromatic N) is 1. The molecular weight excluding hydrogens is 376 g/mol. The van der Waals surface area contributed by atoms with E-state index >= 15 is 0 Å². The fraction of sp³-hybridized carbons (Fsp3) is 0. The number of fused-ring (bicyclic) bond motifs is 2. The molecule has 6 rings (SSSR count). The van der Waals surface area contributed by atoms with Crippen LogP contribution in [-0.2, 0) is 0 Å². The summed E-state index contributed by atoms with van der Waals surface area (Å²) in [6, 6.07) is 37.9. The lowest BCUT2D eigenvalue weighted by Crippen LogP contribution is -1.99. The average molecular weight is 396 g/mol. The molecule has 0 fully saturated rings. The Bertz CT molecular complexity index is 1450. The molecule has 1 aromatic heterocycles. The monoisotopic (exact) mass is 396 g/mol. The molecule has 0 saturated carbocycles. The van der Waals surface area contributed by atoms with Crippen molar-refractivity contribution in [3.63, 3.8) is 0 Å². The minimum absolute atomic E-state index is 0.987. The second-order valence-electron chi connectivity index (χ2n) is 7.73. The summed E-state index contributed by atoms with van der Waals surface area (Å²) in [4.78, 5) is 8.74. The first-order chi connectivity index (χ1) is 15.4. The van der Waals surface area contributed by atoms with Crippen LogP contribution in [0.4, 0.5) is 0 Å². The maximum Gasteiger partial charge on any atom is 0.0788 e. The average Bonchev–Trinajstić information content (AvgIpc) is 3.40. The van der Waals surface area contributed by atoms with Gasteiger partial charge >= 0.3 is 0 Å². The van der Waals surface area contributed by atoms with Crippen LogP contribution in [0, 0.1) is 0 Å². The Morgan fingerprint density at radius 1 is 0.548 bits per heavy atom. The molecule has 1 aliphatic rings. The van der Waals surface area contributed by atoms with Crippen molar-refractivity contribution in [2.24, 2.45) is 4.99 Å². The molecule has 0 bridgehead atoms. The minimum atomic E-state index is 0.987. The van der Waals surface area contributed by atoms with Crippen molar-refractivity contribution >= 4 is 28.3 Å². The van der Waals surface area contributed by atoms with Crippen molar-refractivity contribution in [1.29, 1.82) is 0 Å². The predicted molar refractivity (Wildman–Crippen MR) is 130 cm³/mol. The summed E-state index contributed by atoms with van der Waals surface area (Å²) in [5, 5.41) is 2.42. The van der Waals surface area contributed by atoms with Gasteiger partial charge in [-0.2, -0.15) is 0 Å². The van der Waals surface area contributed by atoms with Crippen LogP contribution in [0.15, 0.2) is 114 Å². The van der Waals surface area contributed by atoms with Crippen LogP contribution in [0.25, 0.3) is 33.8 Å². The Hall–Kier alpha value is -4.17. The lowest BCUT2D eigenvalue weighted by atomic mass is 9.99. The molecule has 2 heteroatoms. The first kappa shape index (κ1) is 17.7. The fourth-order valence-electron chi connectivity index (χ4n) is 4.37. The van der Waals surface area contributed by atoms with Crippen LogP contribution >= 0.6 is 0 Å². The number of aromatic nitrogens is 1. The van der Waals surface area contributed by atoms with E-state index in [1.165, 1.54) is 27.5 Å². The number of rotatable bonds is 3. The minimum Gasteiger partial charge on any atom is -0.354 e. The highest BCUT2D eigenvalue weighted by Gasteiger charge is 2.21.